The van der Waals surface area contributed by atoms with Gasteiger partial charge in [-0.25, -0.2) is 4.79 Å². The average molecular weight is 538 g/mol. The third-order valence-corrected chi connectivity index (χ3v) is 5.96. The molecule has 194 valence electrons. The highest BCUT2D eigenvalue weighted by molar-refractivity contribution is 7.85. The zero-order valence-corrected chi connectivity index (χ0v) is 18.9. The Morgan fingerprint density at radius 2 is 1.61 bits per heavy atom. The number of carbonyl (C=O) groups is 2. The van der Waals surface area contributed by atoms with E-state index in [-0.39, 0.29) is 0 Å². The number of aryl methyl sites for hydroxylation is 1. The van der Waals surface area contributed by atoms with Crippen LogP contribution in [0.2, 0.25) is 0 Å². The van der Waals surface area contributed by atoms with Crippen LogP contribution in [0.4, 0.5) is 26.3 Å². The molecule has 0 saturated carbocycles. The summed E-state index contributed by atoms with van der Waals surface area (Å²) < 4.78 is 121. The van der Waals surface area contributed by atoms with Gasteiger partial charge in [-0.05, 0) is 35.7 Å². The molecule has 1 N–H and O–H groups in total. The van der Waals surface area contributed by atoms with Gasteiger partial charge in [0.15, 0.2) is 0 Å². The number of fused-ring (bicyclic) bond motifs is 1. The summed E-state index contributed by atoms with van der Waals surface area (Å²) in [7, 11) is -5.96. The second kappa shape index (κ2) is 9.24. The minimum atomic E-state index is -6.50. The van der Waals surface area contributed by atoms with E-state index in [1.165, 1.54) is 13.0 Å². The fourth-order valence-corrected chi connectivity index (χ4v) is 4.35. The van der Waals surface area contributed by atoms with Gasteiger partial charge < -0.3 is 9.47 Å². The van der Waals surface area contributed by atoms with E-state index >= 15 is 0 Å². The van der Waals surface area contributed by atoms with Crippen LogP contribution in [0.15, 0.2) is 48.5 Å². The predicted octanol–water partition coefficient (Wildman–Crippen LogP) is 4.62. The maximum Gasteiger partial charge on any atom is 0.438 e. The molecule has 0 spiro atoms. The summed E-state index contributed by atoms with van der Waals surface area (Å²) in [5.41, 5.74) is -5.12. The molecular formula is C22H16F6O7S. The fourth-order valence-electron chi connectivity index (χ4n) is 3.45. The SMILES string of the molecule is Cc1ccc(C(=O)OC(CS(=O)(=O)O)(C(F)(F)F)C(F)(F)F)c(OC(=O)C2C=Cc3ccccc32)c1. The molecule has 2 aromatic carbocycles. The first-order valence-corrected chi connectivity index (χ1v) is 11.5. The maximum atomic E-state index is 13.5. The third-order valence-electron chi connectivity index (χ3n) is 5.19. The minimum absolute atomic E-state index is 0.313. The van der Waals surface area contributed by atoms with Crippen molar-refractivity contribution in [2.24, 2.45) is 0 Å². The monoisotopic (exact) mass is 538 g/mol. The number of esters is 2. The summed E-state index contributed by atoms with van der Waals surface area (Å²) in [6, 6.07) is 9.50. The Labute approximate surface area is 200 Å². The lowest BCUT2D eigenvalue weighted by atomic mass is 10.0. The van der Waals surface area contributed by atoms with Crippen LogP contribution in [0.25, 0.3) is 6.08 Å². The van der Waals surface area contributed by atoms with Crippen molar-refractivity contribution < 1.29 is 58.4 Å². The first kappa shape index (κ1) is 27.2. The molecule has 14 heteroatoms. The lowest BCUT2D eigenvalue weighted by Crippen LogP contribution is -2.63. The third kappa shape index (κ3) is 5.38. The molecule has 1 aliphatic carbocycles. The van der Waals surface area contributed by atoms with Gasteiger partial charge in [-0.1, -0.05) is 42.5 Å². The molecule has 1 aliphatic rings. The van der Waals surface area contributed by atoms with Gasteiger partial charge in [0.1, 0.15) is 23.0 Å². The maximum absolute atomic E-state index is 13.5. The van der Waals surface area contributed by atoms with Crippen molar-refractivity contribution in [2.75, 3.05) is 5.75 Å². The molecule has 0 radical (unpaired) electrons. The highest BCUT2D eigenvalue weighted by Gasteiger charge is 2.76. The Morgan fingerprint density at radius 1 is 1.00 bits per heavy atom. The van der Waals surface area contributed by atoms with E-state index in [1.54, 1.807) is 30.3 Å². The van der Waals surface area contributed by atoms with Crippen LogP contribution in [0.1, 0.15) is 33.0 Å². The summed E-state index contributed by atoms with van der Waals surface area (Å²) >= 11 is 0. The molecule has 3 rings (SSSR count). The van der Waals surface area contributed by atoms with Crippen LogP contribution in [-0.2, 0) is 19.6 Å². The first-order chi connectivity index (χ1) is 16.5. The number of carbonyl (C=O) groups excluding carboxylic acids is 2. The highest BCUT2D eigenvalue weighted by atomic mass is 32.2. The molecule has 0 bridgehead atoms. The Hall–Kier alpha value is -3.39. The quantitative estimate of drug-likeness (QED) is 0.248. The Kier molecular flexibility index (Phi) is 6.98. The second-order valence-corrected chi connectivity index (χ2v) is 9.28. The molecular weight excluding hydrogens is 522 g/mol. The van der Waals surface area contributed by atoms with Crippen molar-refractivity contribution in [1.29, 1.82) is 0 Å². The number of rotatable bonds is 6. The van der Waals surface area contributed by atoms with Gasteiger partial charge in [0.05, 0.1) is 0 Å². The standard InChI is InChI=1S/C22H16F6O7S/c1-12-6-8-16(17(10-12)34-18(29)15-9-7-13-4-2-3-5-14(13)15)19(30)35-20(21(23,24)25,22(26,27)28)11-36(31,32)33/h2-10,15H,11H2,1H3,(H,31,32,33). The summed E-state index contributed by atoms with van der Waals surface area (Å²) in [6.45, 7) is 1.44. The van der Waals surface area contributed by atoms with E-state index in [9.17, 15) is 44.3 Å². The van der Waals surface area contributed by atoms with Gasteiger partial charge >= 0.3 is 29.9 Å². The van der Waals surface area contributed by atoms with Crippen LogP contribution in [-0.4, -0.2) is 48.6 Å². The average Bonchev–Trinajstić information content (AvgIpc) is 3.15. The lowest BCUT2D eigenvalue weighted by Gasteiger charge is -2.35. The molecule has 0 amide bonds. The van der Waals surface area contributed by atoms with Gasteiger partial charge in [0, 0.05) is 0 Å². The lowest BCUT2D eigenvalue weighted by molar-refractivity contribution is -0.356. The van der Waals surface area contributed by atoms with Crippen molar-refractivity contribution in [1.82, 2.24) is 0 Å². The number of hydrogen-bond donors (Lipinski definition) is 1. The summed E-state index contributed by atoms with van der Waals surface area (Å²) in [4.78, 5) is 25.3. The molecule has 36 heavy (non-hydrogen) atoms. The number of hydrogen-bond acceptors (Lipinski definition) is 6. The van der Waals surface area contributed by atoms with Gasteiger partial charge in [-0.2, -0.15) is 34.8 Å². The van der Waals surface area contributed by atoms with E-state index in [1.807, 2.05) is 0 Å². The van der Waals surface area contributed by atoms with Gasteiger partial charge in [0.25, 0.3) is 10.1 Å². The summed E-state index contributed by atoms with van der Waals surface area (Å²) in [5.74, 6) is -8.02. The van der Waals surface area contributed by atoms with E-state index in [0.717, 1.165) is 18.2 Å². The van der Waals surface area contributed by atoms with Crippen LogP contribution >= 0.6 is 0 Å². The van der Waals surface area contributed by atoms with Crippen molar-refractivity contribution >= 4 is 28.1 Å². The van der Waals surface area contributed by atoms with Gasteiger partial charge in [0.2, 0.25) is 0 Å². The molecule has 1 atom stereocenters. The normalized spacial score (nSPS) is 15.9. The number of alkyl halides is 6. The molecule has 0 saturated heterocycles. The largest absolute Gasteiger partial charge is 0.438 e. The topological polar surface area (TPSA) is 107 Å². The zero-order chi connectivity index (χ0) is 27.1. The fraction of sp³-hybridized carbons (Fsp3) is 0.273. The molecule has 0 aliphatic heterocycles. The van der Waals surface area contributed by atoms with Crippen molar-refractivity contribution in [3.05, 3.63) is 70.8 Å². The van der Waals surface area contributed by atoms with Crippen LogP contribution < -0.4 is 4.74 Å². The van der Waals surface area contributed by atoms with Gasteiger partial charge in [-0.3, -0.25) is 9.35 Å². The van der Waals surface area contributed by atoms with Crippen LogP contribution in [0.3, 0.4) is 0 Å². The molecule has 7 nitrogen and oxygen atoms in total. The number of halogens is 6. The van der Waals surface area contributed by atoms with Crippen molar-refractivity contribution in [3.63, 3.8) is 0 Å². The first-order valence-electron chi connectivity index (χ1n) is 9.86. The molecule has 1 unspecified atom stereocenters. The zero-order valence-electron chi connectivity index (χ0n) is 18.1. The molecule has 0 heterocycles. The van der Waals surface area contributed by atoms with Crippen LogP contribution in [0.5, 0.6) is 5.75 Å². The minimum Gasteiger partial charge on any atom is -0.434 e. The Bertz CT molecular complexity index is 1320. The van der Waals surface area contributed by atoms with E-state index in [0.29, 0.717) is 16.7 Å². The molecule has 0 aromatic heterocycles. The Morgan fingerprint density at radius 3 is 2.19 bits per heavy atom. The predicted molar refractivity (Wildman–Crippen MR) is 112 cm³/mol. The summed E-state index contributed by atoms with van der Waals surface area (Å²) in [6.07, 6.45) is -9.96. The van der Waals surface area contributed by atoms with Crippen LogP contribution in [0, 0.1) is 6.92 Å². The van der Waals surface area contributed by atoms with Crippen molar-refractivity contribution in [2.45, 2.75) is 30.8 Å². The molecule has 2 aromatic rings. The number of benzene rings is 2. The smallest absolute Gasteiger partial charge is 0.434 e. The highest BCUT2D eigenvalue weighted by Crippen LogP contribution is 2.47. The summed E-state index contributed by atoms with van der Waals surface area (Å²) in [5, 5.41) is 0. The number of ether oxygens (including phenoxy) is 2. The van der Waals surface area contributed by atoms with E-state index < -0.39 is 63.0 Å². The Balaban J connectivity index is 2.00. The van der Waals surface area contributed by atoms with Crippen molar-refractivity contribution in [3.8, 4) is 5.75 Å². The van der Waals surface area contributed by atoms with E-state index in [2.05, 4.69) is 4.74 Å². The van der Waals surface area contributed by atoms with E-state index in [4.69, 9.17) is 9.29 Å². The second-order valence-electron chi connectivity index (χ2n) is 7.82. The molecule has 0 fully saturated rings. The van der Waals surface area contributed by atoms with Gasteiger partial charge in [-0.15, -0.1) is 0 Å².